The summed E-state index contributed by atoms with van der Waals surface area (Å²) in [4.78, 5) is 34.6. The van der Waals surface area contributed by atoms with E-state index in [4.69, 9.17) is 11.6 Å². The molecule has 0 spiro atoms. The molecule has 190 valence electrons. The van der Waals surface area contributed by atoms with E-state index in [1.54, 1.807) is 0 Å². The normalized spacial score (nSPS) is 18.2. The first kappa shape index (κ1) is 25.2. The van der Waals surface area contributed by atoms with E-state index in [-0.39, 0.29) is 34.4 Å². The predicted molar refractivity (Wildman–Crippen MR) is 129 cm³/mol. The van der Waals surface area contributed by atoms with Crippen LogP contribution in [0.2, 0.25) is 5.15 Å². The lowest BCUT2D eigenvalue weighted by Gasteiger charge is -2.44. The van der Waals surface area contributed by atoms with Gasteiger partial charge in [0.15, 0.2) is 11.5 Å². The van der Waals surface area contributed by atoms with Crippen molar-refractivity contribution in [1.29, 1.82) is 0 Å². The number of piperazine rings is 1. The zero-order chi connectivity index (χ0) is 26.1. The van der Waals surface area contributed by atoms with Crippen LogP contribution >= 0.6 is 11.6 Å². The molecule has 15 heteroatoms. The van der Waals surface area contributed by atoms with Crippen LogP contribution in [0.3, 0.4) is 0 Å². The lowest BCUT2D eigenvalue weighted by Crippen LogP contribution is -2.55. The number of benzene rings is 1. The van der Waals surface area contributed by atoms with Crippen molar-refractivity contribution in [2.75, 3.05) is 37.5 Å². The zero-order valence-corrected chi connectivity index (χ0v) is 20.6. The summed E-state index contributed by atoms with van der Waals surface area (Å²) in [6.45, 7) is 5.27. The number of nitrogens with zero attached hydrogens (tertiary/aromatic N) is 8. The number of likely N-dealkylation sites (N-methyl/N-ethyl adjacent to an activating group) is 1. The molecule has 2 aromatic heterocycles. The van der Waals surface area contributed by atoms with Gasteiger partial charge in [-0.15, -0.1) is 5.10 Å². The van der Waals surface area contributed by atoms with Crippen LogP contribution in [0, 0.1) is 15.9 Å². The fraction of sp³-hybridized carbons (Fsp3) is 0.381. The molecule has 1 aromatic carbocycles. The van der Waals surface area contributed by atoms with Crippen LogP contribution in [-0.2, 0) is 4.74 Å². The molecule has 4 rings (SSSR count). The summed E-state index contributed by atoms with van der Waals surface area (Å²) >= 11 is 5.96. The molecule has 13 nitrogen and oxygen atoms in total. The quantitative estimate of drug-likeness (QED) is 0.222. The largest absolute Gasteiger partial charge is 0.464 e. The van der Waals surface area contributed by atoms with Crippen LogP contribution < -0.4 is 10.2 Å². The van der Waals surface area contributed by atoms with Crippen molar-refractivity contribution >= 4 is 40.5 Å². The Hall–Kier alpha value is -3.91. The molecule has 0 bridgehead atoms. The third-order valence-corrected chi connectivity index (χ3v) is 6.39. The van der Waals surface area contributed by atoms with Gasteiger partial charge in [0.2, 0.25) is 11.0 Å². The van der Waals surface area contributed by atoms with Gasteiger partial charge in [0.1, 0.15) is 12.0 Å². The molecule has 1 aliphatic rings. The minimum atomic E-state index is -0.733. The van der Waals surface area contributed by atoms with Crippen molar-refractivity contribution in [3.05, 3.63) is 51.4 Å². The van der Waals surface area contributed by atoms with Gasteiger partial charge in [0.05, 0.1) is 29.6 Å². The number of methoxy groups -OCH3 is 1. The number of esters is 1. The topological polar surface area (TPSA) is 144 Å². The van der Waals surface area contributed by atoms with E-state index < -0.39 is 22.4 Å². The number of hydrogen-bond acceptors (Lipinski definition) is 11. The van der Waals surface area contributed by atoms with Gasteiger partial charge in [0.25, 0.3) is 0 Å². The molecule has 3 heterocycles. The summed E-state index contributed by atoms with van der Waals surface area (Å²) in [5.74, 6) is -1.54. The Labute approximate surface area is 210 Å². The summed E-state index contributed by atoms with van der Waals surface area (Å²) in [6.07, 6.45) is 2.31. The number of hydrogen-bond donors (Lipinski definition) is 1. The maximum absolute atomic E-state index is 15.4. The summed E-state index contributed by atoms with van der Waals surface area (Å²) < 4.78 is 21.1. The molecule has 1 aliphatic heterocycles. The van der Waals surface area contributed by atoms with Gasteiger partial charge in [-0.2, -0.15) is 0 Å². The van der Waals surface area contributed by atoms with E-state index in [2.05, 4.69) is 49.1 Å². The van der Waals surface area contributed by atoms with Gasteiger partial charge in [-0.25, -0.2) is 23.8 Å². The second-order valence-electron chi connectivity index (χ2n) is 8.37. The number of anilines is 3. The third kappa shape index (κ3) is 4.77. The predicted octanol–water partition coefficient (Wildman–Crippen LogP) is 2.82. The Bertz CT molecular complexity index is 1310. The van der Waals surface area contributed by atoms with E-state index in [1.807, 2.05) is 11.9 Å². The molecule has 3 aromatic rings. The Morgan fingerprint density at radius 3 is 2.58 bits per heavy atom. The van der Waals surface area contributed by atoms with E-state index in [1.165, 1.54) is 25.4 Å². The lowest BCUT2D eigenvalue weighted by atomic mass is 10.1. The molecular formula is C21H23ClFN9O4. The maximum Gasteiger partial charge on any atom is 0.360 e. The fourth-order valence-electron chi connectivity index (χ4n) is 4.01. The maximum atomic E-state index is 15.4. The highest BCUT2D eigenvalue weighted by atomic mass is 35.5. The molecule has 0 saturated carbocycles. The number of carbonyl (C=O) groups excluding carboxylic acids is 1. The van der Waals surface area contributed by atoms with E-state index in [0.717, 1.165) is 11.0 Å². The van der Waals surface area contributed by atoms with Crippen LogP contribution in [-0.4, -0.2) is 80.1 Å². The second-order valence-corrected chi connectivity index (χ2v) is 8.73. The molecule has 2 atom stereocenters. The van der Waals surface area contributed by atoms with E-state index in [9.17, 15) is 14.9 Å². The van der Waals surface area contributed by atoms with Crippen LogP contribution in [0.25, 0.3) is 5.69 Å². The molecule has 0 radical (unpaired) electrons. The number of rotatable bonds is 6. The first-order valence-corrected chi connectivity index (χ1v) is 11.2. The lowest BCUT2D eigenvalue weighted by molar-refractivity contribution is -0.384. The van der Waals surface area contributed by atoms with Crippen molar-refractivity contribution in [3.8, 4) is 5.69 Å². The van der Waals surface area contributed by atoms with Gasteiger partial charge in [-0.1, -0.05) is 16.8 Å². The first-order valence-electron chi connectivity index (χ1n) is 10.8. The molecule has 1 N–H and O–H groups in total. The number of nitro groups is 1. The summed E-state index contributed by atoms with van der Waals surface area (Å²) in [6, 6.07) is 3.03. The number of carbonyl (C=O) groups is 1. The van der Waals surface area contributed by atoms with Crippen molar-refractivity contribution in [2.45, 2.75) is 25.9 Å². The Morgan fingerprint density at radius 2 is 1.94 bits per heavy atom. The highest BCUT2D eigenvalue weighted by Gasteiger charge is 2.30. The average Bonchev–Trinajstić information content (AvgIpc) is 3.32. The van der Waals surface area contributed by atoms with E-state index in [0.29, 0.717) is 24.5 Å². The highest BCUT2D eigenvalue weighted by Crippen LogP contribution is 2.37. The van der Waals surface area contributed by atoms with E-state index >= 15 is 4.39 Å². The number of aromatic nitrogens is 5. The van der Waals surface area contributed by atoms with Crippen LogP contribution in [0.5, 0.6) is 0 Å². The highest BCUT2D eigenvalue weighted by molar-refractivity contribution is 6.31. The smallest absolute Gasteiger partial charge is 0.360 e. The zero-order valence-electron chi connectivity index (χ0n) is 19.8. The fourth-order valence-corrected chi connectivity index (χ4v) is 4.21. The number of halogens is 2. The van der Waals surface area contributed by atoms with Gasteiger partial charge in [-0.05, 0) is 27.0 Å². The number of ether oxygens (including phenoxy) is 1. The van der Waals surface area contributed by atoms with Crippen LogP contribution in [0.1, 0.15) is 24.3 Å². The first-order chi connectivity index (χ1) is 17.1. The van der Waals surface area contributed by atoms with Gasteiger partial charge in [0, 0.05) is 31.2 Å². The van der Waals surface area contributed by atoms with Gasteiger partial charge >= 0.3 is 11.7 Å². The monoisotopic (exact) mass is 519 g/mol. The molecule has 36 heavy (non-hydrogen) atoms. The second kappa shape index (κ2) is 9.99. The molecule has 0 aliphatic carbocycles. The Morgan fingerprint density at radius 1 is 1.25 bits per heavy atom. The van der Waals surface area contributed by atoms with Crippen LogP contribution in [0.4, 0.5) is 27.3 Å². The SMILES string of the molecule is COC(=O)c1cn(-c2cc(Nc3ncnc(Cl)c3[N+](=O)[O-])c(N3C[C@@H](C)N(C)[C@@H](C)C3)cc2F)nn1. The molecule has 0 amide bonds. The third-order valence-electron chi connectivity index (χ3n) is 6.11. The number of nitrogens with one attached hydrogen (secondary N) is 1. The summed E-state index contributed by atoms with van der Waals surface area (Å²) in [5.41, 5.74) is 0.0749. The van der Waals surface area contributed by atoms with Crippen LogP contribution in [0.15, 0.2) is 24.7 Å². The molecule has 1 saturated heterocycles. The Balaban J connectivity index is 1.84. The standard InChI is InChI=1S/C21H23ClFN9O4/c1-11-7-30(8-12(2)29(11)3)17-5-13(23)16(31-9-15(27-28-31)21(33)36-4)6-14(17)26-20-18(32(34)35)19(22)24-10-25-20/h5-6,9-12H,7-8H2,1-4H3,(H,24,25,26)/t11-,12+. The minimum absolute atomic E-state index is 0.0538. The Kier molecular flexibility index (Phi) is 6.99. The molecule has 0 unspecified atom stereocenters. The van der Waals surface area contributed by atoms with Crippen molar-refractivity contribution in [3.63, 3.8) is 0 Å². The average molecular weight is 520 g/mol. The van der Waals surface area contributed by atoms with Gasteiger partial charge in [-0.3, -0.25) is 15.0 Å². The van der Waals surface area contributed by atoms with Crippen molar-refractivity contribution < 1.29 is 18.8 Å². The molecular weight excluding hydrogens is 497 g/mol. The van der Waals surface area contributed by atoms with Crippen molar-refractivity contribution in [1.82, 2.24) is 29.9 Å². The minimum Gasteiger partial charge on any atom is -0.464 e. The molecule has 1 fully saturated rings. The summed E-state index contributed by atoms with van der Waals surface area (Å²) in [7, 11) is 3.21. The summed E-state index contributed by atoms with van der Waals surface area (Å²) in [5, 5.41) is 21.8. The van der Waals surface area contributed by atoms with Gasteiger partial charge < -0.3 is 15.0 Å². The van der Waals surface area contributed by atoms with Crippen molar-refractivity contribution in [2.24, 2.45) is 0 Å².